The van der Waals surface area contributed by atoms with E-state index in [1.807, 2.05) is 30.5 Å². The largest absolute Gasteiger partial charge is 0.497 e. The molecule has 1 atom stereocenters. The van der Waals surface area contributed by atoms with Crippen LogP contribution in [0.25, 0.3) is 5.57 Å². The van der Waals surface area contributed by atoms with E-state index < -0.39 is 0 Å². The minimum absolute atomic E-state index is 0.00380. The van der Waals surface area contributed by atoms with Crippen molar-refractivity contribution in [3.63, 3.8) is 0 Å². The van der Waals surface area contributed by atoms with Gasteiger partial charge in [-0.2, -0.15) is 0 Å². The van der Waals surface area contributed by atoms with Crippen LogP contribution in [0.1, 0.15) is 63.0 Å². The van der Waals surface area contributed by atoms with Crippen LogP contribution in [0.15, 0.2) is 67.0 Å². The van der Waals surface area contributed by atoms with Gasteiger partial charge in [0.15, 0.2) is 0 Å². The summed E-state index contributed by atoms with van der Waals surface area (Å²) in [5.41, 5.74) is 3.68. The summed E-state index contributed by atoms with van der Waals surface area (Å²) in [5.74, 6) is 1.49. The standard InChI is InChI=1S/C28H36N2O2/c1-3-4-10-23(24-16-18-26(32-2)19-17-24)11-6-13-28(31)30-27(25-14-15-25)12-5-8-22-9-7-20-29-21-22/h6-7,9,11,13,16-21,25,27H,3-5,8,10,12,14-15H2,1-2H3,(H,30,31)/t27-/m1/s1. The van der Waals surface area contributed by atoms with Gasteiger partial charge in [0.2, 0.25) is 5.91 Å². The van der Waals surface area contributed by atoms with Crippen LogP contribution in [0.5, 0.6) is 5.75 Å². The number of nitrogens with zero attached hydrogens (tertiary/aromatic N) is 1. The Labute approximate surface area is 192 Å². The number of amides is 1. The molecular formula is C28H36N2O2. The number of aromatic nitrogens is 1. The predicted molar refractivity (Wildman–Crippen MR) is 131 cm³/mol. The second kappa shape index (κ2) is 12.8. The molecule has 2 aromatic rings. The smallest absolute Gasteiger partial charge is 0.244 e. The number of carbonyl (C=O) groups is 1. The fraction of sp³-hybridized carbons (Fsp3) is 0.429. The highest BCUT2D eigenvalue weighted by atomic mass is 16.5. The van der Waals surface area contributed by atoms with E-state index >= 15 is 0 Å². The predicted octanol–water partition coefficient (Wildman–Crippen LogP) is 6.14. The van der Waals surface area contributed by atoms with Gasteiger partial charge in [0, 0.05) is 24.5 Å². The topological polar surface area (TPSA) is 51.2 Å². The number of hydrogen-bond acceptors (Lipinski definition) is 3. The van der Waals surface area contributed by atoms with E-state index in [2.05, 4.69) is 41.5 Å². The first kappa shape index (κ1) is 23.8. The van der Waals surface area contributed by atoms with Gasteiger partial charge in [0.1, 0.15) is 5.75 Å². The maximum absolute atomic E-state index is 12.6. The van der Waals surface area contributed by atoms with E-state index in [1.54, 1.807) is 19.4 Å². The van der Waals surface area contributed by atoms with Crippen LogP contribution in [-0.2, 0) is 11.2 Å². The van der Waals surface area contributed by atoms with Gasteiger partial charge in [-0.05, 0) is 85.8 Å². The summed E-state index contributed by atoms with van der Waals surface area (Å²) >= 11 is 0. The summed E-state index contributed by atoms with van der Waals surface area (Å²) in [4.78, 5) is 16.8. The molecule has 1 fully saturated rings. The van der Waals surface area contributed by atoms with E-state index in [9.17, 15) is 4.79 Å². The molecule has 1 saturated carbocycles. The molecule has 1 aliphatic rings. The Morgan fingerprint density at radius 1 is 1.22 bits per heavy atom. The molecular weight excluding hydrogens is 396 g/mol. The first-order chi connectivity index (χ1) is 15.7. The van der Waals surface area contributed by atoms with Crippen molar-refractivity contribution < 1.29 is 9.53 Å². The normalized spacial score (nSPS) is 15.0. The third-order valence-electron chi connectivity index (χ3n) is 6.03. The minimum atomic E-state index is 0.00380. The highest BCUT2D eigenvalue weighted by Crippen LogP contribution is 2.34. The van der Waals surface area contributed by atoms with E-state index in [0.717, 1.165) is 44.3 Å². The number of benzene rings is 1. The summed E-state index contributed by atoms with van der Waals surface area (Å²) in [6.45, 7) is 2.20. The molecule has 4 nitrogen and oxygen atoms in total. The lowest BCUT2D eigenvalue weighted by Crippen LogP contribution is -2.35. The number of aryl methyl sites for hydroxylation is 1. The average molecular weight is 433 g/mol. The molecule has 0 spiro atoms. The van der Waals surface area contributed by atoms with Gasteiger partial charge in [-0.1, -0.05) is 43.7 Å². The third kappa shape index (κ3) is 7.99. The van der Waals surface area contributed by atoms with Gasteiger partial charge in [-0.3, -0.25) is 9.78 Å². The lowest BCUT2D eigenvalue weighted by Gasteiger charge is -2.17. The quantitative estimate of drug-likeness (QED) is 0.306. The Morgan fingerprint density at radius 3 is 2.69 bits per heavy atom. The number of carbonyl (C=O) groups excluding carboxylic acids is 1. The Morgan fingerprint density at radius 2 is 2.03 bits per heavy atom. The number of rotatable bonds is 13. The SMILES string of the molecule is CCCCC(=CC=CC(=O)N[C@H](CCCc1cccnc1)C1CC1)c1ccc(OC)cc1. The van der Waals surface area contributed by atoms with E-state index in [0.29, 0.717) is 5.92 Å². The summed E-state index contributed by atoms with van der Waals surface area (Å²) in [6, 6.07) is 12.5. The van der Waals surface area contributed by atoms with Crippen molar-refractivity contribution in [3.05, 3.63) is 78.1 Å². The molecule has 0 bridgehead atoms. The lowest BCUT2D eigenvalue weighted by molar-refractivity contribution is -0.117. The van der Waals surface area contributed by atoms with Gasteiger partial charge < -0.3 is 10.1 Å². The second-order valence-electron chi connectivity index (χ2n) is 8.59. The number of pyridine rings is 1. The molecule has 1 heterocycles. The van der Waals surface area contributed by atoms with E-state index in [-0.39, 0.29) is 11.9 Å². The summed E-state index contributed by atoms with van der Waals surface area (Å²) in [7, 11) is 1.68. The lowest BCUT2D eigenvalue weighted by atomic mass is 9.99. The van der Waals surface area contributed by atoms with E-state index in [4.69, 9.17) is 4.74 Å². The van der Waals surface area contributed by atoms with Crippen LogP contribution < -0.4 is 10.1 Å². The van der Waals surface area contributed by atoms with Crippen molar-refractivity contribution in [3.8, 4) is 5.75 Å². The average Bonchev–Trinajstić information content (AvgIpc) is 3.67. The van der Waals surface area contributed by atoms with Crippen molar-refractivity contribution >= 4 is 11.5 Å². The van der Waals surface area contributed by atoms with Crippen molar-refractivity contribution in [1.29, 1.82) is 0 Å². The zero-order valence-corrected chi connectivity index (χ0v) is 19.4. The molecule has 1 N–H and O–H groups in total. The van der Waals surface area contributed by atoms with Gasteiger partial charge in [0.05, 0.1) is 7.11 Å². The monoisotopic (exact) mass is 432 g/mol. The van der Waals surface area contributed by atoms with Crippen LogP contribution in [-0.4, -0.2) is 24.0 Å². The Kier molecular flexibility index (Phi) is 9.55. The fourth-order valence-electron chi connectivity index (χ4n) is 3.98. The molecule has 3 rings (SSSR count). The fourth-order valence-corrected chi connectivity index (χ4v) is 3.98. The van der Waals surface area contributed by atoms with Crippen molar-refractivity contribution in [2.24, 2.45) is 5.92 Å². The molecule has 32 heavy (non-hydrogen) atoms. The Bertz CT molecular complexity index is 883. The molecule has 1 aliphatic carbocycles. The molecule has 4 heteroatoms. The van der Waals surface area contributed by atoms with Crippen LogP contribution in [0.3, 0.4) is 0 Å². The van der Waals surface area contributed by atoms with Crippen molar-refractivity contribution in [2.75, 3.05) is 7.11 Å². The van der Waals surface area contributed by atoms with Gasteiger partial charge in [-0.25, -0.2) is 0 Å². The molecule has 1 aromatic heterocycles. The highest BCUT2D eigenvalue weighted by molar-refractivity contribution is 5.88. The number of unbranched alkanes of at least 4 members (excludes halogenated alkanes) is 1. The molecule has 1 aromatic carbocycles. The zero-order valence-electron chi connectivity index (χ0n) is 19.4. The van der Waals surface area contributed by atoms with Gasteiger partial charge in [-0.15, -0.1) is 0 Å². The van der Waals surface area contributed by atoms with Crippen LogP contribution >= 0.6 is 0 Å². The minimum Gasteiger partial charge on any atom is -0.497 e. The first-order valence-corrected chi connectivity index (χ1v) is 11.9. The van der Waals surface area contributed by atoms with E-state index in [1.165, 1.54) is 29.5 Å². The van der Waals surface area contributed by atoms with Crippen LogP contribution in [0.4, 0.5) is 0 Å². The molecule has 0 saturated heterocycles. The number of allylic oxidation sites excluding steroid dienone is 3. The second-order valence-corrected chi connectivity index (χ2v) is 8.59. The molecule has 170 valence electrons. The Hall–Kier alpha value is -2.88. The molecule has 0 unspecified atom stereocenters. The maximum Gasteiger partial charge on any atom is 0.244 e. The number of methoxy groups -OCH3 is 1. The summed E-state index contributed by atoms with van der Waals surface area (Å²) in [6.07, 6.45) is 18.2. The van der Waals surface area contributed by atoms with Crippen LogP contribution in [0, 0.1) is 5.92 Å². The summed E-state index contributed by atoms with van der Waals surface area (Å²) < 4.78 is 5.27. The highest BCUT2D eigenvalue weighted by Gasteiger charge is 2.31. The zero-order chi connectivity index (χ0) is 22.6. The van der Waals surface area contributed by atoms with Crippen LogP contribution in [0.2, 0.25) is 0 Å². The van der Waals surface area contributed by atoms with Crippen molar-refractivity contribution in [2.45, 2.75) is 64.3 Å². The number of ether oxygens (including phenoxy) is 1. The molecule has 0 radical (unpaired) electrons. The van der Waals surface area contributed by atoms with Crippen molar-refractivity contribution in [1.82, 2.24) is 10.3 Å². The molecule has 1 amide bonds. The number of hydrogen-bond donors (Lipinski definition) is 1. The number of nitrogens with one attached hydrogen (secondary N) is 1. The molecule has 0 aliphatic heterocycles. The van der Waals surface area contributed by atoms with Gasteiger partial charge >= 0.3 is 0 Å². The van der Waals surface area contributed by atoms with Gasteiger partial charge in [0.25, 0.3) is 0 Å². The Balaban J connectivity index is 1.54. The summed E-state index contributed by atoms with van der Waals surface area (Å²) in [5, 5.41) is 3.25. The first-order valence-electron chi connectivity index (χ1n) is 11.9. The maximum atomic E-state index is 12.6. The third-order valence-corrected chi connectivity index (χ3v) is 6.03.